The fraction of sp³-hybridized carbons (Fsp3) is 0.292. The standard InChI is InChI=1S/C24H24N4O4/c1-14(11-27-12-19(29)20(30)13-27)25-23(31)18-7-4-10-28-22(18)26-21-16-6-3-2-5-15(16)8-9-17(21)24(28)32/h2-10,14,19-20,29-30H,11-13H2,1H3,(H,25,31)/t14?,19-,20-/m0/s1. The Morgan fingerprint density at radius 1 is 1.09 bits per heavy atom. The van der Waals surface area contributed by atoms with E-state index in [1.54, 1.807) is 24.4 Å². The van der Waals surface area contributed by atoms with Gasteiger partial charge in [-0.2, -0.15) is 0 Å². The molecule has 0 bridgehead atoms. The minimum atomic E-state index is -0.768. The molecule has 0 radical (unpaired) electrons. The second kappa shape index (κ2) is 7.98. The number of rotatable bonds is 4. The third kappa shape index (κ3) is 3.52. The molecule has 32 heavy (non-hydrogen) atoms. The van der Waals surface area contributed by atoms with Crippen LogP contribution in [0.25, 0.3) is 27.3 Å². The Hall–Kier alpha value is -3.33. The molecular formula is C24H24N4O4. The molecule has 3 N–H and O–H groups in total. The van der Waals surface area contributed by atoms with Gasteiger partial charge in [0.2, 0.25) is 0 Å². The molecule has 1 amide bonds. The van der Waals surface area contributed by atoms with E-state index in [2.05, 4.69) is 5.32 Å². The van der Waals surface area contributed by atoms with Crippen molar-refractivity contribution >= 4 is 33.2 Å². The van der Waals surface area contributed by atoms with Crippen molar-refractivity contribution in [3.05, 3.63) is 70.6 Å². The summed E-state index contributed by atoms with van der Waals surface area (Å²) >= 11 is 0. The van der Waals surface area contributed by atoms with Crippen LogP contribution in [0.3, 0.4) is 0 Å². The van der Waals surface area contributed by atoms with Gasteiger partial charge in [-0.3, -0.25) is 18.9 Å². The monoisotopic (exact) mass is 432 g/mol. The lowest BCUT2D eigenvalue weighted by Gasteiger charge is -2.21. The molecule has 5 rings (SSSR count). The highest BCUT2D eigenvalue weighted by molar-refractivity contribution is 6.07. The third-order valence-corrected chi connectivity index (χ3v) is 6.02. The van der Waals surface area contributed by atoms with E-state index in [1.165, 1.54) is 4.40 Å². The number of β-amino-alcohol motifs (C(OH)–C–C–N with tert-alkyl or cyclic N) is 2. The van der Waals surface area contributed by atoms with Crippen LogP contribution in [0.2, 0.25) is 0 Å². The topological polar surface area (TPSA) is 107 Å². The lowest BCUT2D eigenvalue weighted by molar-refractivity contribution is 0.0572. The number of benzene rings is 2. The summed E-state index contributed by atoms with van der Waals surface area (Å²) in [5.74, 6) is -0.331. The predicted molar refractivity (Wildman–Crippen MR) is 122 cm³/mol. The molecule has 3 heterocycles. The second-order valence-electron chi connectivity index (χ2n) is 8.44. The van der Waals surface area contributed by atoms with Gasteiger partial charge in [0.15, 0.2) is 5.65 Å². The van der Waals surface area contributed by atoms with E-state index < -0.39 is 12.2 Å². The number of hydrogen-bond donors (Lipinski definition) is 3. The van der Waals surface area contributed by atoms with Crippen LogP contribution in [0, 0.1) is 0 Å². The van der Waals surface area contributed by atoms with Crippen molar-refractivity contribution in [2.75, 3.05) is 19.6 Å². The number of nitrogens with zero attached hydrogens (tertiary/aromatic N) is 3. The highest BCUT2D eigenvalue weighted by atomic mass is 16.3. The number of aromatic nitrogens is 2. The first-order chi connectivity index (χ1) is 15.4. The zero-order valence-electron chi connectivity index (χ0n) is 17.6. The molecule has 1 saturated heterocycles. The maximum atomic E-state index is 13.2. The van der Waals surface area contributed by atoms with Gasteiger partial charge in [0.1, 0.15) is 0 Å². The van der Waals surface area contributed by atoms with Crippen LogP contribution in [0.15, 0.2) is 59.5 Å². The summed E-state index contributed by atoms with van der Waals surface area (Å²) in [5, 5.41) is 24.7. The van der Waals surface area contributed by atoms with Crippen molar-refractivity contribution in [2.45, 2.75) is 25.2 Å². The van der Waals surface area contributed by atoms with Crippen molar-refractivity contribution in [3.63, 3.8) is 0 Å². The number of nitrogens with one attached hydrogen (secondary N) is 1. The fourth-order valence-corrected chi connectivity index (χ4v) is 4.47. The highest BCUT2D eigenvalue weighted by Crippen LogP contribution is 2.23. The second-order valence-corrected chi connectivity index (χ2v) is 8.44. The first kappa shape index (κ1) is 20.6. The quantitative estimate of drug-likeness (QED) is 0.330. The Labute approximate surface area is 183 Å². The van der Waals surface area contributed by atoms with Gasteiger partial charge in [0, 0.05) is 37.3 Å². The SMILES string of the molecule is CC(CN1C[C@H](O)[C@@H](O)C1)NC(=O)c1cccn2c(=O)c3ccc4ccccc4c3nc12. The molecule has 2 aromatic carbocycles. The fourth-order valence-electron chi connectivity index (χ4n) is 4.47. The molecule has 0 spiro atoms. The zero-order chi connectivity index (χ0) is 22.4. The number of carbonyl (C=O) groups excluding carboxylic acids is 1. The van der Waals surface area contributed by atoms with Gasteiger partial charge in [-0.15, -0.1) is 0 Å². The molecule has 1 aliphatic rings. The maximum absolute atomic E-state index is 13.2. The molecule has 3 atom stereocenters. The van der Waals surface area contributed by atoms with Gasteiger partial charge in [-0.05, 0) is 30.5 Å². The minimum absolute atomic E-state index is 0.224. The van der Waals surface area contributed by atoms with Crippen molar-refractivity contribution in [3.8, 4) is 0 Å². The summed E-state index contributed by atoms with van der Waals surface area (Å²) in [6.45, 7) is 3.09. The summed E-state index contributed by atoms with van der Waals surface area (Å²) in [4.78, 5) is 32.9. The van der Waals surface area contributed by atoms with Crippen LogP contribution in [-0.4, -0.2) is 68.3 Å². The van der Waals surface area contributed by atoms with E-state index in [-0.39, 0.29) is 17.5 Å². The van der Waals surface area contributed by atoms with Crippen LogP contribution in [0.4, 0.5) is 0 Å². The van der Waals surface area contributed by atoms with Crippen molar-refractivity contribution < 1.29 is 15.0 Å². The van der Waals surface area contributed by atoms with Crippen LogP contribution in [0.1, 0.15) is 17.3 Å². The molecule has 8 nitrogen and oxygen atoms in total. The first-order valence-electron chi connectivity index (χ1n) is 10.6. The van der Waals surface area contributed by atoms with Gasteiger partial charge in [-0.25, -0.2) is 4.98 Å². The Morgan fingerprint density at radius 2 is 1.84 bits per heavy atom. The Kier molecular flexibility index (Phi) is 5.13. The molecule has 4 aromatic rings. The van der Waals surface area contributed by atoms with Gasteiger partial charge in [-0.1, -0.05) is 30.3 Å². The Bertz CT molecular complexity index is 1390. The molecule has 0 saturated carbocycles. The lowest BCUT2D eigenvalue weighted by Crippen LogP contribution is -2.42. The summed E-state index contributed by atoms with van der Waals surface area (Å²) < 4.78 is 1.41. The molecule has 1 fully saturated rings. The normalized spacial score (nSPS) is 20.2. The molecular weight excluding hydrogens is 408 g/mol. The Morgan fingerprint density at radius 3 is 2.62 bits per heavy atom. The van der Waals surface area contributed by atoms with E-state index in [9.17, 15) is 19.8 Å². The minimum Gasteiger partial charge on any atom is -0.389 e. The largest absolute Gasteiger partial charge is 0.389 e. The number of aliphatic hydroxyl groups excluding tert-OH is 2. The zero-order valence-corrected chi connectivity index (χ0v) is 17.6. The highest BCUT2D eigenvalue weighted by Gasteiger charge is 2.30. The smallest absolute Gasteiger partial charge is 0.265 e. The number of amides is 1. The van der Waals surface area contributed by atoms with Gasteiger partial charge < -0.3 is 15.5 Å². The van der Waals surface area contributed by atoms with Crippen LogP contribution in [0.5, 0.6) is 0 Å². The van der Waals surface area contributed by atoms with E-state index in [1.807, 2.05) is 42.2 Å². The lowest BCUT2D eigenvalue weighted by atomic mass is 10.1. The molecule has 8 heteroatoms. The van der Waals surface area contributed by atoms with Crippen molar-refractivity contribution in [1.29, 1.82) is 0 Å². The molecule has 0 aliphatic carbocycles. The first-order valence-corrected chi connectivity index (χ1v) is 10.6. The van der Waals surface area contributed by atoms with Crippen LogP contribution in [-0.2, 0) is 0 Å². The molecule has 1 aliphatic heterocycles. The summed E-state index contributed by atoms with van der Waals surface area (Å²) in [6.07, 6.45) is 0.0808. The molecule has 1 unspecified atom stereocenters. The number of hydrogen-bond acceptors (Lipinski definition) is 6. The predicted octanol–water partition coefficient (Wildman–Crippen LogP) is 1.16. The van der Waals surface area contributed by atoms with E-state index in [0.29, 0.717) is 41.7 Å². The number of carbonyl (C=O) groups is 1. The van der Waals surface area contributed by atoms with Crippen molar-refractivity contribution in [2.24, 2.45) is 0 Å². The number of likely N-dealkylation sites (tertiary alicyclic amines) is 1. The number of pyridine rings is 1. The maximum Gasteiger partial charge on any atom is 0.265 e. The van der Waals surface area contributed by atoms with Gasteiger partial charge in [0.25, 0.3) is 11.5 Å². The number of aliphatic hydroxyl groups is 2. The average Bonchev–Trinajstić information content (AvgIpc) is 3.09. The summed E-state index contributed by atoms with van der Waals surface area (Å²) in [7, 11) is 0. The molecule has 2 aromatic heterocycles. The average molecular weight is 432 g/mol. The van der Waals surface area contributed by atoms with Gasteiger partial charge in [0.05, 0.1) is 28.7 Å². The van der Waals surface area contributed by atoms with E-state index >= 15 is 0 Å². The van der Waals surface area contributed by atoms with Crippen molar-refractivity contribution in [1.82, 2.24) is 19.6 Å². The van der Waals surface area contributed by atoms with Crippen LogP contribution >= 0.6 is 0 Å². The summed E-state index contributed by atoms with van der Waals surface area (Å²) in [5.41, 5.74) is 0.964. The van der Waals surface area contributed by atoms with Crippen LogP contribution < -0.4 is 10.9 Å². The number of fused-ring (bicyclic) bond motifs is 4. The van der Waals surface area contributed by atoms with Gasteiger partial charge >= 0.3 is 0 Å². The summed E-state index contributed by atoms with van der Waals surface area (Å²) in [6, 6.07) is 14.5. The van der Waals surface area contributed by atoms with E-state index in [0.717, 1.165) is 10.8 Å². The Balaban J connectivity index is 1.51. The van der Waals surface area contributed by atoms with E-state index in [4.69, 9.17) is 4.98 Å². The molecule has 164 valence electrons. The third-order valence-electron chi connectivity index (χ3n) is 6.02.